The smallest absolute Gasteiger partial charge is 0.163 e. The minimum Gasteiger partial charge on any atom is -0.329 e. The molecule has 1 saturated heterocycles. The van der Waals surface area contributed by atoms with Crippen molar-refractivity contribution in [2.24, 2.45) is 11.7 Å². The molecule has 2 rings (SSSR count). The fourth-order valence-electron chi connectivity index (χ4n) is 2.80. The molecule has 0 aromatic heterocycles. The molecule has 0 saturated carbocycles. The van der Waals surface area contributed by atoms with Crippen LogP contribution in [-0.4, -0.2) is 24.0 Å². The highest BCUT2D eigenvalue weighted by Crippen LogP contribution is 2.25. The average molecular weight is 254 g/mol. The number of piperidine rings is 1. The van der Waals surface area contributed by atoms with E-state index < -0.39 is 11.6 Å². The molecule has 1 aliphatic heterocycles. The van der Waals surface area contributed by atoms with E-state index in [9.17, 15) is 8.78 Å². The predicted octanol–water partition coefficient (Wildman–Crippen LogP) is 2.52. The summed E-state index contributed by atoms with van der Waals surface area (Å²) in [6.45, 7) is 4.09. The fourth-order valence-corrected chi connectivity index (χ4v) is 2.80. The Morgan fingerprint density at radius 3 is 2.89 bits per heavy atom. The van der Waals surface area contributed by atoms with Gasteiger partial charge < -0.3 is 5.73 Å². The second kappa shape index (κ2) is 5.76. The SMILES string of the molecule is CC1CCCN(Cc2cccc(F)c2F)C1CN. The van der Waals surface area contributed by atoms with Crippen LogP contribution in [0.5, 0.6) is 0 Å². The van der Waals surface area contributed by atoms with Crippen molar-refractivity contribution in [2.75, 3.05) is 13.1 Å². The van der Waals surface area contributed by atoms with Crippen LogP contribution in [0.15, 0.2) is 18.2 Å². The first-order valence-electron chi connectivity index (χ1n) is 6.50. The zero-order valence-electron chi connectivity index (χ0n) is 10.7. The molecule has 0 bridgehead atoms. The van der Waals surface area contributed by atoms with Crippen molar-refractivity contribution in [1.82, 2.24) is 4.90 Å². The Labute approximate surface area is 107 Å². The summed E-state index contributed by atoms with van der Waals surface area (Å²) in [6.07, 6.45) is 2.25. The van der Waals surface area contributed by atoms with Crippen molar-refractivity contribution in [3.8, 4) is 0 Å². The number of halogens is 2. The molecular weight excluding hydrogens is 234 g/mol. The fraction of sp³-hybridized carbons (Fsp3) is 0.571. The van der Waals surface area contributed by atoms with Gasteiger partial charge in [-0.25, -0.2) is 8.78 Å². The van der Waals surface area contributed by atoms with Gasteiger partial charge in [-0.05, 0) is 31.4 Å². The second-order valence-corrected chi connectivity index (χ2v) is 5.11. The molecule has 2 atom stereocenters. The van der Waals surface area contributed by atoms with Gasteiger partial charge in [-0.2, -0.15) is 0 Å². The van der Waals surface area contributed by atoms with Gasteiger partial charge in [0.25, 0.3) is 0 Å². The third kappa shape index (κ3) is 2.70. The van der Waals surface area contributed by atoms with Gasteiger partial charge in [-0.3, -0.25) is 4.90 Å². The molecule has 100 valence electrons. The number of benzene rings is 1. The van der Waals surface area contributed by atoms with Crippen molar-refractivity contribution >= 4 is 0 Å². The summed E-state index contributed by atoms with van der Waals surface area (Å²) in [5.41, 5.74) is 6.22. The first-order chi connectivity index (χ1) is 8.63. The summed E-state index contributed by atoms with van der Waals surface area (Å²) in [6, 6.07) is 4.61. The van der Waals surface area contributed by atoms with Crippen LogP contribution < -0.4 is 5.73 Å². The highest BCUT2D eigenvalue weighted by Gasteiger charge is 2.27. The van der Waals surface area contributed by atoms with Crippen LogP contribution in [0.4, 0.5) is 8.78 Å². The Hall–Kier alpha value is -1.00. The van der Waals surface area contributed by atoms with Crippen molar-refractivity contribution in [2.45, 2.75) is 32.4 Å². The highest BCUT2D eigenvalue weighted by atomic mass is 19.2. The summed E-state index contributed by atoms with van der Waals surface area (Å²) >= 11 is 0. The zero-order chi connectivity index (χ0) is 13.1. The molecule has 1 heterocycles. The summed E-state index contributed by atoms with van der Waals surface area (Å²) in [4.78, 5) is 2.17. The van der Waals surface area contributed by atoms with E-state index in [1.165, 1.54) is 0 Å². The van der Waals surface area contributed by atoms with Crippen LogP contribution >= 0.6 is 0 Å². The normalized spacial score (nSPS) is 25.3. The number of hydrogen-bond acceptors (Lipinski definition) is 2. The van der Waals surface area contributed by atoms with E-state index in [1.807, 2.05) is 0 Å². The van der Waals surface area contributed by atoms with Crippen LogP contribution in [0.3, 0.4) is 0 Å². The molecule has 0 aliphatic carbocycles. The number of likely N-dealkylation sites (tertiary alicyclic amines) is 1. The van der Waals surface area contributed by atoms with E-state index in [0.29, 0.717) is 24.6 Å². The highest BCUT2D eigenvalue weighted by molar-refractivity contribution is 5.19. The molecule has 2 nitrogen and oxygen atoms in total. The van der Waals surface area contributed by atoms with Crippen LogP contribution in [0, 0.1) is 17.6 Å². The third-order valence-corrected chi connectivity index (χ3v) is 3.88. The van der Waals surface area contributed by atoms with Crippen LogP contribution in [0.2, 0.25) is 0 Å². The van der Waals surface area contributed by atoms with E-state index in [-0.39, 0.29) is 6.04 Å². The van der Waals surface area contributed by atoms with Gasteiger partial charge in [-0.1, -0.05) is 19.1 Å². The quantitative estimate of drug-likeness (QED) is 0.898. The van der Waals surface area contributed by atoms with Gasteiger partial charge in [0.05, 0.1) is 0 Å². The number of nitrogens with zero attached hydrogens (tertiary/aromatic N) is 1. The van der Waals surface area contributed by atoms with Crippen LogP contribution in [0.1, 0.15) is 25.3 Å². The van der Waals surface area contributed by atoms with Gasteiger partial charge in [0, 0.05) is 24.7 Å². The lowest BCUT2D eigenvalue weighted by molar-refractivity contribution is 0.0976. The van der Waals surface area contributed by atoms with Gasteiger partial charge >= 0.3 is 0 Å². The maximum atomic E-state index is 13.7. The maximum absolute atomic E-state index is 13.7. The van der Waals surface area contributed by atoms with E-state index in [0.717, 1.165) is 25.5 Å². The number of nitrogens with two attached hydrogens (primary N) is 1. The maximum Gasteiger partial charge on any atom is 0.163 e. The summed E-state index contributed by atoms with van der Waals surface area (Å²) in [5.74, 6) is -0.992. The van der Waals surface area contributed by atoms with Crippen LogP contribution in [0.25, 0.3) is 0 Å². The molecule has 1 fully saturated rings. The molecule has 0 spiro atoms. The molecule has 1 aromatic carbocycles. The van der Waals surface area contributed by atoms with Crippen molar-refractivity contribution in [3.63, 3.8) is 0 Å². The van der Waals surface area contributed by atoms with Gasteiger partial charge in [-0.15, -0.1) is 0 Å². The number of hydrogen-bond donors (Lipinski definition) is 1. The Kier molecular flexibility index (Phi) is 4.30. The second-order valence-electron chi connectivity index (χ2n) is 5.11. The third-order valence-electron chi connectivity index (χ3n) is 3.88. The first kappa shape index (κ1) is 13.4. The Bertz CT molecular complexity index is 409. The lowest BCUT2D eigenvalue weighted by Gasteiger charge is -2.39. The minimum absolute atomic E-state index is 0.265. The molecule has 0 radical (unpaired) electrons. The van der Waals surface area contributed by atoms with Gasteiger partial charge in [0.15, 0.2) is 11.6 Å². The van der Waals surface area contributed by atoms with Crippen LogP contribution in [-0.2, 0) is 6.54 Å². The van der Waals surface area contributed by atoms with E-state index in [2.05, 4.69) is 11.8 Å². The van der Waals surface area contributed by atoms with E-state index in [4.69, 9.17) is 5.73 Å². The summed E-state index contributed by atoms with van der Waals surface area (Å²) in [7, 11) is 0. The Morgan fingerprint density at radius 2 is 2.17 bits per heavy atom. The molecule has 1 aliphatic rings. The molecule has 2 N–H and O–H groups in total. The molecule has 1 aromatic rings. The first-order valence-corrected chi connectivity index (χ1v) is 6.50. The summed E-state index contributed by atoms with van der Waals surface area (Å²) in [5, 5.41) is 0. The predicted molar refractivity (Wildman–Crippen MR) is 68.0 cm³/mol. The Morgan fingerprint density at radius 1 is 1.39 bits per heavy atom. The molecule has 0 amide bonds. The van der Waals surface area contributed by atoms with Gasteiger partial charge in [0.1, 0.15) is 0 Å². The van der Waals surface area contributed by atoms with Crippen molar-refractivity contribution < 1.29 is 8.78 Å². The number of rotatable bonds is 3. The summed E-state index contributed by atoms with van der Waals surface area (Å²) < 4.78 is 26.8. The standard InChI is InChI=1S/C14H20F2N2/c1-10-4-3-7-18(13(10)8-17)9-11-5-2-6-12(15)14(11)16/h2,5-6,10,13H,3-4,7-9,17H2,1H3. The monoisotopic (exact) mass is 254 g/mol. The van der Waals surface area contributed by atoms with Gasteiger partial charge in [0.2, 0.25) is 0 Å². The minimum atomic E-state index is -0.776. The lowest BCUT2D eigenvalue weighted by Crippen LogP contribution is -2.48. The van der Waals surface area contributed by atoms with Crippen molar-refractivity contribution in [1.29, 1.82) is 0 Å². The van der Waals surface area contributed by atoms with Crippen molar-refractivity contribution in [3.05, 3.63) is 35.4 Å². The molecule has 18 heavy (non-hydrogen) atoms. The zero-order valence-corrected chi connectivity index (χ0v) is 10.7. The lowest BCUT2D eigenvalue weighted by atomic mass is 9.90. The van der Waals surface area contributed by atoms with E-state index in [1.54, 1.807) is 12.1 Å². The topological polar surface area (TPSA) is 29.3 Å². The average Bonchev–Trinajstić information content (AvgIpc) is 2.35. The molecule has 2 unspecified atom stereocenters. The molecule has 4 heteroatoms. The molecular formula is C14H20F2N2. The van der Waals surface area contributed by atoms with E-state index >= 15 is 0 Å². The largest absolute Gasteiger partial charge is 0.329 e. The Balaban J connectivity index is 2.14.